The molecular formula is C15H24N2O3. The summed E-state index contributed by atoms with van der Waals surface area (Å²) in [5, 5.41) is 10.8. The zero-order valence-corrected chi connectivity index (χ0v) is 12.5. The first kappa shape index (κ1) is 15.2. The Morgan fingerprint density at radius 3 is 2.85 bits per heavy atom. The van der Waals surface area contributed by atoms with Crippen LogP contribution in [0.5, 0.6) is 5.88 Å². The Morgan fingerprint density at radius 2 is 2.20 bits per heavy atom. The van der Waals surface area contributed by atoms with E-state index in [0.717, 1.165) is 19.3 Å². The average Bonchev–Trinajstić information content (AvgIpc) is 2.46. The average molecular weight is 280 g/mol. The van der Waals surface area contributed by atoms with Crippen molar-refractivity contribution in [3.8, 4) is 5.88 Å². The molecule has 3 unspecified atom stereocenters. The van der Waals surface area contributed by atoms with E-state index >= 15 is 0 Å². The summed E-state index contributed by atoms with van der Waals surface area (Å²) >= 11 is 0. The molecule has 1 aromatic heterocycles. The highest BCUT2D eigenvalue weighted by Crippen LogP contribution is 2.44. The highest BCUT2D eigenvalue weighted by atomic mass is 16.5. The highest BCUT2D eigenvalue weighted by molar-refractivity contribution is 5.23. The Kier molecular flexibility index (Phi) is 4.94. The van der Waals surface area contributed by atoms with Gasteiger partial charge in [-0.25, -0.2) is 4.98 Å². The van der Waals surface area contributed by atoms with Crippen LogP contribution in [0.25, 0.3) is 0 Å². The summed E-state index contributed by atoms with van der Waals surface area (Å²) in [6, 6.07) is 0. The minimum Gasteiger partial charge on any atom is -0.480 e. The molecule has 1 heterocycles. The van der Waals surface area contributed by atoms with Crippen LogP contribution in [0.2, 0.25) is 0 Å². The van der Waals surface area contributed by atoms with Crippen molar-refractivity contribution >= 4 is 0 Å². The molecule has 0 aromatic carbocycles. The number of nitrogens with zero attached hydrogens (tertiary/aromatic N) is 2. The number of methoxy groups -OCH3 is 1. The second-order valence-corrected chi connectivity index (χ2v) is 5.55. The van der Waals surface area contributed by atoms with E-state index in [0.29, 0.717) is 24.1 Å². The third-order valence-electron chi connectivity index (χ3n) is 4.06. The minimum absolute atomic E-state index is 0.373. The second-order valence-electron chi connectivity index (χ2n) is 5.55. The summed E-state index contributed by atoms with van der Waals surface area (Å²) in [6.45, 7) is 4.74. The van der Waals surface area contributed by atoms with Gasteiger partial charge in [-0.05, 0) is 25.7 Å². The summed E-state index contributed by atoms with van der Waals surface area (Å²) in [5.41, 5.74) is -0.104. The molecule has 3 atom stereocenters. The maximum absolute atomic E-state index is 10.8. The summed E-state index contributed by atoms with van der Waals surface area (Å²) in [4.78, 5) is 8.38. The van der Waals surface area contributed by atoms with Gasteiger partial charge in [0.1, 0.15) is 17.4 Å². The van der Waals surface area contributed by atoms with Gasteiger partial charge in [0.05, 0.1) is 7.11 Å². The van der Waals surface area contributed by atoms with E-state index < -0.39 is 11.7 Å². The third kappa shape index (κ3) is 2.94. The maximum atomic E-state index is 10.8. The van der Waals surface area contributed by atoms with Crippen molar-refractivity contribution in [3.05, 3.63) is 18.1 Å². The number of aromatic nitrogens is 2. The zero-order valence-electron chi connectivity index (χ0n) is 12.5. The van der Waals surface area contributed by atoms with Gasteiger partial charge in [-0.3, -0.25) is 4.98 Å². The molecule has 0 saturated heterocycles. The molecule has 0 amide bonds. The SMILES string of the molecule is CCOC1(C(O)c2nccnc2OC)CCCC(C)C1. The van der Waals surface area contributed by atoms with Gasteiger partial charge in [0.25, 0.3) is 0 Å². The molecule has 5 nitrogen and oxygen atoms in total. The van der Waals surface area contributed by atoms with Crippen molar-refractivity contribution in [3.63, 3.8) is 0 Å². The number of hydrogen-bond acceptors (Lipinski definition) is 5. The lowest BCUT2D eigenvalue weighted by molar-refractivity contribution is -0.151. The van der Waals surface area contributed by atoms with Gasteiger partial charge in [-0.2, -0.15) is 0 Å². The molecule has 2 rings (SSSR count). The van der Waals surface area contributed by atoms with Crippen LogP contribution >= 0.6 is 0 Å². The normalized spacial score (nSPS) is 28.1. The van der Waals surface area contributed by atoms with Crippen LogP contribution in [0.1, 0.15) is 51.3 Å². The van der Waals surface area contributed by atoms with Gasteiger partial charge in [0, 0.05) is 19.0 Å². The van der Waals surface area contributed by atoms with Crippen LogP contribution in [0.15, 0.2) is 12.4 Å². The van der Waals surface area contributed by atoms with Gasteiger partial charge < -0.3 is 14.6 Å². The van der Waals surface area contributed by atoms with Gasteiger partial charge in [0.2, 0.25) is 5.88 Å². The quantitative estimate of drug-likeness (QED) is 0.897. The molecule has 0 spiro atoms. The second kappa shape index (κ2) is 6.50. The first-order chi connectivity index (χ1) is 9.63. The van der Waals surface area contributed by atoms with Crippen LogP contribution in [0.4, 0.5) is 0 Å². The van der Waals surface area contributed by atoms with Crippen molar-refractivity contribution in [1.29, 1.82) is 0 Å². The smallest absolute Gasteiger partial charge is 0.238 e. The van der Waals surface area contributed by atoms with Crippen LogP contribution in [-0.4, -0.2) is 34.4 Å². The first-order valence-electron chi connectivity index (χ1n) is 7.30. The van der Waals surface area contributed by atoms with Crippen molar-refractivity contribution in [2.24, 2.45) is 5.92 Å². The van der Waals surface area contributed by atoms with Gasteiger partial charge in [-0.15, -0.1) is 0 Å². The van der Waals surface area contributed by atoms with E-state index in [1.54, 1.807) is 12.4 Å². The Bertz CT molecular complexity index is 437. The van der Waals surface area contributed by atoms with Gasteiger partial charge >= 0.3 is 0 Å². The van der Waals surface area contributed by atoms with Crippen molar-refractivity contribution in [2.75, 3.05) is 13.7 Å². The Hall–Kier alpha value is -1.20. The highest BCUT2D eigenvalue weighted by Gasteiger charge is 2.44. The molecule has 1 aliphatic carbocycles. The van der Waals surface area contributed by atoms with E-state index in [9.17, 15) is 5.11 Å². The Balaban J connectivity index is 2.33. The molecule has 1 saturated carbocycles. The minimum atomic E-state index is -0.811. The van der Waals surface area contributed by atoms with Crippen LogP contribution in [0, 0.1) is 5.92 Å². The number of hydrogen-bond donors (Lipinski definition) is 1. The standard InChI is InChI=1S/C15H24N2O3/c1-4-20-15(7-5-6-11(2)10-15)13(18)12-14(19-3)17-9-8-16-12/h8-9,11,13,18H,4-7,10H2,1-3H3. The first-order valence-corrected chi connectivity index (χ1v) is 7.30. The molecule has 1 aromatic rings. The monoisotopic (exact) mass is 280 g/mol. The summed E-state index contributed by atoms with van der Waals surface area (Å²) < 4.78 is 11.2. The maximum Gasteiger partial charge on any atom is 0.238 e. The number of aliphatic hydroxyl groups excluding tert-OH is 1. The molecule has 1 aliphatic rings. The summed E-state index contributed by atoms with van der Waals surface area (Å²) in [6.07, 6.45) is 6.24. The Labute approximate surface area is 120 Å². The topological polar surface area (TPSA) is 64.5 Å². The lowest BCUT2D eigenvalue weighted by Crippen LogP contribution is -2.44. The summed E-state index contributed by atoms with van der Waals surface area (Å²) in [7, 11) is 1.54. The molecule has 5 heteroatoms. The largest absolute Gasteiger partial charge is 0.480 e. The molecular weight excluding hydrogens is 256 g/mol. The fourth-order valence-corrected chi connectivity index (χ4v) is 3.22. The molecule has 112 valence electrons. The zero-order chi connectivity index (χ0) is 14.6. The van der Waals surface area contributed by atoms with E-state index in [1.165, 1.54) is 13.5 Å². The third-order valence-corrected chi connectivity index (χ3v) is 4.06. The van der Waals surface area contributed by atoms with E-state index in [2.05, 4.69) is 16.9 Å². The van der Waals surface area contributed by atoms with Gasteiger partial charge in [-0.1, -0.05) is 19.8 Å². The summed E-state index contributed by atoms with van der Waals surface area (Å²) in [5.74, 6) is 0.907. The van der Waals surface area contributed by atoms with Crippen LogP contribution in [0.3, 0.4) is 0 Å². The molecule has 0 aliphatic heterocycles. The lowest BCUT2D eigenvalue weighted by atomic mass is 9.74. The van der Waals surface area contributed by atoms with Crippen molar-refractivity contribution < 1.29 is 14.6 Å². The predicted octanol–water partition coefficient (Wildman–Crippen LogP) is 2.50. The van der Waals surface area contributed by atoms with Gasteiger partial charge in [0.15, 0.2) is 0 Å². The Morgan fingerprint density at radius 1 is 1.45 bits per heavy atom. The van der Waals surface area contributed by atoms with Crippen LogP contribution < -0.4 is 4.74 Å². The molecule has 1 fully saturated rings. The van der Waals surface area contributed by atoms with Crippen molar-refractivity contribution in [1.82, 2.24) is 9.97 Å². The number of ether oxygens (including phenoxy) is 2. The predicted molar refractivity (Wildman–Crippen MR) is 75.5 cm³/mol. The molecule has 20 heavy (non-hydrogen) atoms. The molecule has 0 radical (unpaired) electrons. The van der Waals surface area contributed by atoms with E-state index in [-0.39, 0.29) is 0 Å². The van der Waals surface area contributed by atoms with Crippen molar-refractivity contribution in [2.45, 2.75) is 51.2 Å². The number of rotatable bonds is 5. The van der Waals surface area contributed by atoms with E-state index in [1.807, 2.05) is 6.92 Å². The molecule has 1 N–H and O–H groups in total. The fraction of sp³-hybridized carbons (Fsp3) is 0.733. The lowest BCUT2D eigenvalue weighted by Gasteiger charge is -2.42. The van der Waals surface area contributed by atoms with Crippen LogP contribution in [-0.2, 0) is 4.74 Å². The van der Waals surface area contributed by atoms with E-state index in [4.69, 9.17) is 9.47 Å². The fourth-order valence-electron chi connectivity index (χ4n) is 3.22. The number of aliphatic hydroxyl groups is 1. The molecule has 0 bridgehead atoms.